The molecule has 8 nitrogen and oxygen atoms in total. The van der Waals surface area contributed by atoms with Crippen molar-refractivity contribution in [1.29, 1.82) is 0 Å². The highest BCUT2D eigenvalue weighted by Gasteiger charge is 2.20. The highest BCUT2D eigenvalue weighted by atomic mass is 35.5. The molecule has 0 fully saturated rings. The van der Waals surface area contributed by atoms with E-state index in [2.05, 4.69) is 10.3 Å². The fraction of sp³-hybridized carbons (Fsp3) is 0.227. The van der Waals surface area contributed by atoms with Crippen LogP contribution in [0, 0.1) is 0 Å². The number of nitrogens with one attached hydrogen (secondary N) is 1. The lowest BCUT2D eigenvalue weighted by atomic mass is 10.1. The Morgan fingerprint density at radius 2 is 1.71 bits per heavy atom. The maximum atomic E-state index is 12.9. The van der Waals surface area contributed by atoms with Crippen molar-refractivity contribution in [3.63, 3.8) is 0 Å². The third kappa shape index (κ3) is 3.99. The van der Waals surface area contributed by atoms with Crippen LogP contribution in [0.15, 0.2) is 64.2 Å². The summed E-state index contributed by atoms with van der Waals surface area (Å²) in [6, 6.07) is 16.5. The van der Waals surface area contributed by atoms with Crippen LogP contribution in [0.25, 0.3) is 11.2 Å². The molecule has 0 aliphatic heterocycles. The van der Waals surface area contributed by atoms with Crippen molar-refractivity contribution in [3.8, 4) is 0 Å². The highest BCUT2D eigenvalue weighted by molar-refractivity contribution is 6.30. The van der Waals surface area contributed by atoms with Crippen LogP contribution in [0.5, 0.6) is 0 Å². The van der Waals surface area contributed by atoms with Gasteiger partial charge in [-0.05, 0) is 23.3 Å². The molecule has 160 valence electrons. The molecule has 9 heteroatoms. The van der Waals surface area contributed by atoms with Crippen LogP contribution in [-0.4, -0.2) is 30.3 Å². The van der Waals surface area contributed by atoms with E-state index in [1.165, 1.54) is 11.6 Å². The van der Waals surface area contributed by atoms with Crippen LogP contribution < -0.4 is 16.6 Å². The van der Waals surface area contributed by atoms with Crippen LogP contribution in [-0.2, 0) is 20.6 Å². The Bertz CT molecular complexity index is 1340. The smallest absolute Gasteiger partial charge is 0.332 e. The molecule has 0 radical (unpaired) electrons. The van der Waals surface area contributed by atoms with Crippen molar-refractivity contribution in [2.45, 2.75) is 12.6 Å². The van der Waals surface area contributed by atoms with E-state index < -0.39 is 17.4 Å². The molecule has 0 amide bonds. The van der Waals surface area contributed by atoms with Gasteiger partial charge in [0.15, 0.2) is 11.2 Å². The van der Waals surface area contributed by atoms with Gasteiger partial charge in [0.05, 0.1) is 12.6 Å². The number of anilines is 1. The number of imidazole rings is 1. The van der Waals surface area contributed by atoms with Gasteiger partial charge in [-0.3, -0.25) is 18.5 Å². The van der Waals surface area contributed by atoms with E-state index in [4.69, 9.17) is 11.6 Å². The molecule has 0 aliphatic rings. The Labute approximate surface area is 183 Å². The number of fused-ring (bicyclic) bond motifs is 1. The van der Waals surface area contributed by atoms with Gasteiger partial charge in [-0.15, -0.1) is 0 Å². The van der Waals surface area contributed by atoms with E-state index in [0.29, 0.717) is 23.0 Å². The van der Waals surface area contributed by atoms with Crippen LogP contribution in [0.1, 0.15) is 17.2 Å². The molecular weight excluding hydrogens is 418 g/mol. The quantitative estimate of drug-likeness (QED) is 0.480. The molecule has 2 N–H and O–H groups in total. The topological polar surface area (TPSA) is 94.1 Å². The zero-order chi connectivity index (χ0) is 22.1. The van der Waals surface area contributed by atoms with Gasteiger partial charge >= 0.3 is 5.69 Å². The lowest BCUT2D eigenvalue weighted by Crippen LogP contribution is -2.37. The molecule has 0 bridgehead atoms. The van der Waals surface area contributed by atoms with Gasteiger partial charge in [0.2, 0.25) is 5.95 Å². The standard InChI is InChI=1S/C22H22ClN5O3/c1-26-19-18(20(30)27(2)22(26)31)28(13-14-8-10-16(23)11-9-14)21(25-19)24-12-17(29)15-6-4-3-5-7-15/h3-11,17,29H,12-13H2,1-2H3,(H,24,25). The number of halogens is 1. The molecular formula is C22H22ClN5O3. The molecule has 1 unspecified atom stereocenters. The largest absolute Gasteiger partial charge is 0.387 e. The van der Waals surface area contributed by atoms with Crippen LogP contribution in [0.3, 0.4) is 0 Å². The first-order valence-electron chi connectivity index (χ1n) is 9.74. The predicted octanol–water partition coefficient (Wildman–Crippen LogP) is 2.28. The Kier molecular flexibility index (Phi) is 5.67. The molecule has 4 aromatic rings. The van der Waals surface area contributed by atoms with E-state index in [0.717, 1.165) is 15.7 Å². The predicted molar refractivity (Wildman–Crippen MR) is 121 cm³/mol. The molecule has 2 aromatic carbocycles. The van der Waals surface area contributed by atoms with Gasteiger partial charge in [0.25, 0.3) is 5.56 Å². The third-order valence-corrected chi connectivity index (χ3v) is 5.49. The van der Waals surface area contributed by atoms with Gasteiger partial charge in [0.1, 0.15) is 0 Å². The Morgan fingerprint density at radius 3 is 2.39 bits per heavy atom. The minimum atomic E-state index is -0.767. The molecule has 31 heavy (non-hydrogen) atoms. The molecule has 0 aliphatic carbocycles. The summed E-state index contributed by atoms with van der Waals surface area (Å²) < 4.78 is 4.12. The fourth-order valence-corrected chi connectivity index (χ4v) is 3.61. The fourth-order valence-electron chi connectivity index (χ4n) is 3.49. The maximum absolute atomic E-state index is 12.9. The van der Waals surface area contributed by atoms with Gasteiger partial charge in [-0.1, -0.05) is 54.1 Å². The van der Waals surface area contributed by atoms with E-state index in [1.807, 2.05) is 42.5 Å². The summed E-state index contributed by atoms with van der Waals surface area (Å²) in [7, 11) is 3.02. The van der Waals surface area contributed by atoms with Crippen LogP contribution >= 0.6 is 11.6 Å². The summed E-state index contributed by atoms with van der Waals surface area (Å²) in [5.41, 5.74) is 1.36. The maximum Gasteiger partial charge on any atom is 0.332 e. The first-order chi connectivity index (χ1) is 14.9. The molecule has 4 rings (SSSR count). The SMILES string of the molecule is Cn1c(=O)c2c(nc(NCC(O)c3ccccc3)n2Cc2ccc(Cl)cc2)n(C)c1=O. The number of hydrogen-bond acceptors (Lipinski definition) is 5. The van der Waals surface area contributed by atoms with E-state index in [1.54, 1.807) is 23.7 Å². The normalized spacial score (nSPS) is 12.3. The number of nitrogens with zero attached hydrogens (tertiary/aromatic N) is 4. The van der Waals surface area contributed by atoms with Crippen molar-refractivity contribution >= 4 is 28.7 Å². The van der Waals surface area contributed by atoms with Gasteiger partial charge in [-0.2, -0.15) is 4.98 Å². The summed E-state index contributed by atoms with van der Waals surface area (Å²) in [4.78, 5) is 29.8. The molecule has 2 aromatic heterocycles. The Hall–Kier alpha value is -3.36. The van der Waals surface area contributed by atoms with Gasteiger partial charge < -0.3 is 10.4 Å². The number of aliphatic hydroxyl groups is 1. The molecule has 0 spiro atoms. The number of aryl methyl sites for hydroxylation is 1. The summed E-state index contributed by atoms with van der Waals surface area (Å²) in [5.74, 6) is 0.387. The average Bonchev–Trinajstić information content (AvgIpc) is 3.15. The second-order valence-electron chi connectivity index (χ2n) is 7.33. The third-order valence-electron chi connectivity index (χ3n) is 5.24. The summed E-state index contributed by atoms with van der Waals surface area (Å²) in [5, 5.41) is 14.3. The number of hydrogen-bond donors (Lipinski definition) is 2. The number of benzene rings is 2. The van der Waals surface area contributed by atoms with Crippen molar-refractivity contribution in [1.82, 2.24) is 18.7 Å². The lowest BCUT2D eigenvalue weighted by molar-refractivity contribution is 0.191. The Balaban J connectivity index is 1.78. The number of aliphatic hydroxyl groups excluding tert-OH is 1. The van der Waals surface area contributed by atoms with Crippen molar-refractivity contribution < 1.29 is 5.11 Å². The molecule has 0 saturated carbocycles. The van der Waals surface area contributed by atoms with Crippen molar-refractivity contribution in [3.05, 3.63) is 91.6 Å². The van der Waals surface area contributed by atoms with Crippen molar-refractivity contribution in [2.24, 2.45) is 14.1 Å². The first-order valence-corrected chi connectivity index (χ1v) is 10.1. The van der Waals surface area contributed by atoms with Crippen LogP contribution in [0.2, 0.25) is 5.02 Å². The minimum absolute atomic E-state index is 0.183. The first kappa shape index (κ1) is 20.9. The Morgan fingerprint density at radius 1 is 1.03 bits per heavy atom. The van der Waals surface area contributed by atoms with Crippen molar-refractivity contribution in [2.75, 3.05) is 11.9 Å². The molecule has 1 atom stereocenters. The number of aromatic nitrogens is 4. The van der Waals surface area contributed by atoms with Gasteiger partial charge in [-0.25, -0.2) is 4.79 Å². The average molecular weight is 440 g/mol. The summed E-state index contributed by atoms with van der Waals surface area (Å²) in [6.07, 6.45) is -0.767. The van der Waals surface area contributed by atoms with E-state index in [9.17, 15) is 14.7 Å². The second-order valence-corrected chi connectivity index (χ2v) is 7.77. The zero-order valence-electron chi connectivity index (χ0n) is 17.1. The van der Waals surface area contributed by atoms with Gasteiger partial charge in [0, 0.05) is 25.7 Å². The lowest BCUT2D eigenvalue weighted by Gasteiger charge is -2.14. The summed E-state index contributed by atoms with van der Waals surface area (Å²) >= 11 is 6.00. The molecule has 0 saturated heterocycles. The van der Waals surface area contributed by atoms with E-state index >= 15 is 0 Å². The highest BCUT2D eigenvalue weighted by Crippen LogP contribution is 2.20. The minimum Gasteiger partial charge on any atom is -0.387 e. The number of rotatable bonds is 6. The second kappa shape index (κ2) is 8.41. The summed E-state index contributed by atoms with van der Waals surface area (Å²) in [6.45, 7) is 0.521. The molecule has 2 heterocycles. The van der Waals surface area contributed by atoms with E-state index in [-0.39, 0.29) is 12.2 Å². The zero-order valence-corrected chi connectivity index (χ0v) is 17.9. The monoisotopic (exact) mass is 439 g/mol. The van der Waals surface area contributed by atoms with Crippen LogP contribution in [0.4, 0.5) is 5.95 Å².